The van der Waals surface area contributed by atoms with Gasteiger partial charge in [0.15, 0.2) is 0 Å². The van der Waals surface area contributed by atoms with Crippen LogP contribution in [0.2, 0.25) is 10.0 Å². The van der Waals surface area contributed by atoms with Gasteiger partial charge in [0.05, 0.1) is 15.7 Å². The molecule has 174 valence electrons. The summed E-state index contributed by atoms with van der Waals surface area (Å²) >= 11 is 12.0. The first-order valence-electron chi connectivity index (χ1n) is 11.4. The van der Waals surface area contributed by atoms with Crippen LogP contribution < -0.4 is 10.9 Å². The Bertz CT molecular complexity index is 1100. The SMILES string of the molecule is N=Cc1nc(NCc2ccc(Cl)c(Cl)c2)[nH]c(=O)c1CCCCCC1=CCCC/C=C/C=C1. The second-order valence-corrected chi connectivity index (χ2v) is 8.90. The molecule has 0 spiro atoms. The van der Waals surface area contributed by atoms with Crippen LogP contribution in [0.5, 0.6) is 0 Å². The van der Waals surface area contributed by atoms with Crippen LogP contribution in [-0.2, 0) is 13.0 Å². The van der Waals surface area contributed by atoms with E-state index < -0.39 is 0 Å². The molecule has 33 heavy (non-hydrogen) atoms. The van der Waals surface area contributed by atoms with E-state index in [0.29, 0.717) is 40.2 Å². The molecule has 1 heterocycles. The molecule has 0 saturated carbocycles. The summed E-state index contributed by atoms with van der Waals surface area (Å²) in [6.07, 6.45) is 20.3. The summed E-state index contributed by atoms with van der Waals surface area (Å²) in [5, 5.41) is 11.8. The number of benzene rings is 1. The van der Waals surface area contributed by atoms with Gasteiger partial charge >= 0.3 is 0 Å². The first-order valence-corrected chi connectivity index (χ1v) is 12.2. The predicted octanol–water partition coefficient (Wildman–Crippen LogP) is 7.01. The number of unbranched alkanes of at least 4 members (excludes halogenated alkanes) is 2. The maximum atomic E-state index is 12.6. The summed E-state index contributed by atoms with van der Waals surface area (Å²) in [6.45, 7) is 0.427. The van der Waals surface area contributed by atoms with Crippen molar-refractivity contribution in [1.82, 2.24) is 9.97 Å². The van der Waals surface area contributed by atoms with Crippen molar-refractivity contribution in [2.45, 2.75) is 57.9 Å². The van der Waals surface area contributed by atoms with E-state index in [0.717, 1.165) is 50.3 Å². The lowest BCUT2D eigenvalue weighted by molar-refractivity contribution is 0.673. The van der Waals surface area contributed by atoms with Gasteiger partial charge in [-0.25, -0.2) is 4.98 Å². The van der Waals surface area contributed by atoms with Gasteiger partial charge in [0.25, 0.3) is 5.56 Å². The van der Waals surface area contributed by atoms with Crippen molar-refractivity contribution in [2.24, 2.45) is 0 Å². The normalized spacial score (nSPS) is 14.7. The fourth-order valence-electron chi connectivity index (χ4n) is 3.73. The number of nitrogens with one attached hydrogen (secondary N) is 3. The van der Waals surface area contributed by atoms with Gasteiger partial charge in [-0.05, 0) is 62.6 Å². The van der Waals surface area contributed by atoms with Gasteiger partial charge in [-0.2, -0.15) is 0 Å². The third-order valence-electron chi connectivity index (χ3n) is 5.56. The number of nitrogens with zero attached hydrogens (tertiary/aromatic N) is 1. The number of aromatic nitrogens is 2. The first kappa shape index (κ1) is 25.0. The summed E-state index contributed by atoms with van der Waals surface area (Å²) in [7, 11) is 0. The monoisotopic (exact) mass is 484 g/mol. The van der Waals surface area contributed by atoms with E-state index in [4.69, 9.17) is 28.6 Å². The van der Waals surface area contributed by atoms with Crippen molar-refractivity contribution in [3.63, 3.8) is 0 Å². The molecule has 3 N–H and O–H groups in total. The molecule has 0 amide bonds. The van der Waals surface area contributed by atoms with Gasteiger partial charge in [0.2, 0.25) is 5.95 Å². The van der Waals surface area contributed by atoms with E-state index in [1.165, 1.54) is 12.0 Å². The Balaban J connectivity index is 1.52. The molecule has 7 heteroatoms. The Labute approximate surface area is 205 Å². The standard InChI is InChI=1S/C26H30Cl2N4O/c27-22-15-14-20(16-23(22)28)18-30-26-31-24(17-29)21(25(33)32-26)13-9-5-8-12-19-10-6-3-1-2-4-7-11-19/h1,3,6,10-11,14-17,29H,2,4-5,7-9,12-13,18H2,(H2,30,31,32,33)/b3-1+,10-6?,19-11?,29-17?. The Hall–Kier alpha value is -2.63. The average Bonchev–Trinajstić information content (AvgIpc) is 2.94. The van der Waals surface area contributed by atoms with Crippen molar-refractivity contribution in [2.75, 3.05) is 5.32 Å². The Morgan fingerprint density at radius 3 is 2.76 bits per heavy atom. The number of hydrogen-bond donors (Lipinski definition) is 3. The molecule has 1 aliphatic rings. The highest BCUT2D eigenvalue weighted by atomic mass is 35.5. The van der Waals surface area contributed by atoms with Crippen LogP contribution in [0.4, 0.5) is 5.95 Å². The van der Waals surface area contributed by atoms with Crippen LogP contribution >= 0.6 is 23.2 Å². The van der Waals surface area contributed by atoms with Crippen LogP contribution in [0.3, 0.4) is 0 Å². The summed E-state index contributed by atoms with van der Waals surface area (Å²) in [5.41, 5.74) is 3.07. The van der Waals surface area contributed by atoms with Gasteiger partial charge < -0.3 is 10.7 Å². The van der Waals surface area contributed by atoms with Gasteiger partial charge in [0.1, 0.15) is 0 Å². The molecule has 0 bridgehead atoms. The lowest BCUT2D eigenvalue weighted by Gasteiger charge is -2.10. The van der Waals surface area contributed by atoms with E-state index >= 15 is 0 Å². The molecule has 0 fully saturated rings. The highest BCUT2D eigenvalue weighted by Gasteiger charge is 2.10. The van der Waals surface area contributed by atoms with Crippen LogP contribution in [0, 0.1) is 5.41 Å². The molecule has 2 aromatic rings. The number of aromatic amines is 1. The van der Waals surface area contributed by atoms with E-state index in [9.17, 15) is 4.79 Å². The Morgan fingerprint density at radius 2 is 1.94 bits per heavy atom. The highest BCUT2D eigenvalue weighted by molar-refractivity contribution is 6.42. The maximum absolute atomic E-state index is 12.6. The summed E-state index contributed by atoms with van der Waals surface area (Å²) in [6, 6.07) is 5.35. The van der Waals surface area contributed by atoms with Crippen LogP contribution in [0.25, 0.3) is 0 Å². The zero-order chi connectivity index (χ0) is 23.5. The fourth-order valence-corrected chi connectivity index (χ4v) is 4.05. The molecule has 5 nitrogen and oxygen atoms in total. The van der Waals surface area contributed by atoms with Gasteiger partial charge in [0, 0.05) is 18.3 Å². The van der Waals surface area contributed by atoms with Crippen molar-refractivity contribution >= 4 is 35.4 Å². The maximum Gasteiger partial charge on any atom is 0.256 e. The van der Waals surface area contributed by atoms with Gasteiger partial charge in [-0.1, -0.05) is 71.6 Å². The van der Waals surface area contributed by atoms with Gasteiger partial charge in [-0.3, -0.25) is 9.78 Å². The number of hydrogen-bond acceptors (Lipinski definition) is 4. The molecule has 1 aromatic heterocycles. The number of H-pyrrole nitrogens is 1. The molecule has 1 aromatic carbocycles. The van der Waals surface area contributed by atoms with Crippen molar-refractivity contribution in [3.8, 4) is 0 Å². The van der Waals surface area contributed by atoms with E-state index in [-0.39, 0.29) is 5.56 Å². The fraction of sp³-hybridized carbons (Fsp3) is 0.346. The smallest absolute Gasteiger partial charge is 0.256 e. The second kappa shape index (κ2) is 13.2. The molecule has 1 aliphatic carbocycles. The van der Waals surface area contributed by atoms with E-state index in [2.05, 4.69) is 45.7 Å². The van der Waals surface area contributed by atoms with Crippen LogP contribution in [0.1, 0.15) is 61.8 Å². The van der Waals surface area contributed by atoms with Gasteiger partial charge in [-0.15, -0.1) is 0 Å². The summed E-state index contributed by atoms with van der Waals surface area (Å²) in [5.74, 6) is 0.335. The first-order chi connectivity index (χ1) is 16.1. The lowest BCUT2D eigenvalue weighted by Crippen LogP contribution is -2.20. The number of allylic oxidation sites excluding steroid dienone is 6. The zero-order valence-corrected chi connectivity index (χ0v) is 20.2. The summed E-state index contributed by atoms with van der Waals surface area (Å²) in [4.78, 5) is 19.8. The molecule has 0 unspecified atom stereocenters. The highest BCUT2D eigenvalue weighted by Crippen LogP contribution is 2.23. The third-order valence-corrected chi connectivity index (χ3v) is 6.30. The Kier molecular flexibility index (Phi) is 9.98. The molecule has 0 aliphatic heterocycles. The minimum Gasteiger partial charge on any atom is -0.352 e. The minimum absolute atomic E-state index is 0.200. The molecule has 0 atom stereocenters. The molecular formula is C26H30Cl2N4O. The quantitative estimate of drug-likeness (QED) is 0.250. The molecule has 0 saturated heterocycles. The number of halogens is 2. The number of anilines is 1. The van der Waals surface area contributed by atoms with E-state index in [1.54, 1.807) is 12.1 Å². The topological polar surface area (TPSA) is 81.6 Å². The van der Waals surface area contributed by atoms with Crippen molar-refractivity contribution in [3.05, 3.63) is 91.4 Å². The second-order valence-electron chi connectivity index (χ2n) is 8.08. The van der Waals surface area contributed by atoms with Crippen molar-refractivity contribution < 1.29 is 0 Å². The Morgan fingerprint density at radius 1 is 1.09 bits per heavy atom. The average molecular weight is 485 g/mol. The van der Waals surface area contributed by atoms with E-state index in [1.807, 2.05) is 6.07 Å². The lowest BCUT2D eigenvalue weighted by atomic mass is 10.0. The molecule has 0 radical (unpaired) electrons. The summed E-state index contributed by atoms with van der Waals surface area (Å²) < 4.78 is 0. The van der Waals surface area contributed by atoms with Crippen molar-refractivity contribution in [1.29, 1.82) is 5.41 Å². The zero-order valence-electron chi connectivity index (χ0n) is 18.7. The molecular weight excluding hydrogens is 455 g/mol. The minimum atomic E-state index is -0.200. The van der Waals surface area contributed by atoms with Crippen LogP contribution in [0.15, 0.2) is 58.9 Å². The third kappa shape index (κ3) is 8.02. The predicted molar refractivity (Wildman–Crippen MR) is 139 cm³/mol. The number of rotatable bonds is 10. The van der Waals surface area contributed by atoms with Crippen LogP contribution in [-0.4, -0.2) is 16.2 Å². The molecule has 3 rings (SSSR count). The largest absolute Gasteiger partial charge is 0.352 e.